The van der Waals surface area contributed by atoms with Gasteiger partial charge in [0.05, 0.1) is 12.1 Å². The summed E-state index contributed by atoms with van der Waals surface area (Å²) in [5.41, 5.74) is 3.07. The summed E-state index contributed by atoms with van der Waals surface area (Å²) >= 11 is 0.868. The predicted octanol–water partition coefficient (Wildman–Crippen LogP) is 3.17. The molecule has 0 fully saturated rings. The smallest absolute Gasteiger partial charge is 0.307 e. The first-order valence-corrected chi connectivity index (χ1v) is 8.68. The number of H-pyrrole nitrogens is 1. The highest BCUT2D eigenvalue weighted by Crippen LogP contribution is 2.21. The number of aromatic nitrogens is 1. The van der Waals surface area contributed by atoms with Crippen molar-refractivity contribution >= 4 is 33.8 Å². The first-order valence-electron chi connectivity index (χ1n) is 7.86. The molecule has 0 aliphatic carbocycles. The second-order valence-electron chi connectivity index (χ2n) is 5.33. The number of benzene rings is 2. The molecule has 0 saturated carbocycles. The van der Waals surface area contributed by atoms with E-state index in [1.165, 1.54) is 0 Å². The maximum Gasteiger partial charge on any atom is 0.307 e. The Balaban J connectivity index is 1.46. The molecule has 0 radical (unpaired) electrons. The summed E-state index contributed by atoms with van der Waals surface area (Å²) in [5, 5.41) is 11.6. The fourth-order valence-electron chi connectivity index (χ4n) is 2.42. The van der Waals surface area contributed by atoms with Crippen LogP contribution < -0.4 is 15.5 Å². The van der Waals surface area contributed by atoms with E-state index in [9.17, 15) is 9.59 Å². The fraction of sp³-hybridized carbons (Fsp3) is 0.111. The average Bonchev–Trinajstić information content (AvgIpc) is 3.10. The third kappa shape index (κ3) is 4.35. The third-order valence-electron chi connectivity index (χ3n) is 3.62. The molecule has 0 aliphatic rings. The second kappa shape index (κ2) is 8.41. The Hall–Kier alpha value is -2.97. The van der Waals surface area contributed by atoms with Gasteiger partial charge in [0.1, 0.15) is 12.4 Å². The van der Waals surface area contributed by atoms with Gasteiger partial charge in [0, 0.05) is 22.0 Å². The molecule has 0 saturated heterocycles. The van der Waals surface area contributed by atoms with E-state index in [1.54, 1.807) is 35.9 Å². The molecule has 8 heteroatoms. The minimum Gasteiger partial charge on any atom is -0.492 e. The van der Waals surface area contributed by atoms with Crippen LogP contribution in [0.1, 0.15) is 10.4 Å². The maximum absolute atomic E-state index is 12.3. The molecule has 2 aromatic carbocycles. The Morgan fingerprint density at radius 1 is 1.12 bits per heavy atom. The van der Waals surface area contributed by atoms with Gasteiger partial charge in [0.2, 0.25) is 0 Å². The van der Waals surface area contributed by atoms with Crippen molar-refractivity contribution in [1.29, 1.82) is 0 Å². The molecule has 0 atom stereocenters. The Morgan fingerprint density at radius 2 is 1.88 bits per heavy atom. The van der Waals surface area contributed by atoms with Crippen LogP contribution in [0.2, 0.25) is 0 Å². The summed E-state index contributed by atoms with van der Waals surface area (Å²) in [6.07, 6.45) is 1.69. The van der Waals surface area contributed by atoms with Crippen molar-refractivity contribution in [2.24, 2.45) is 0 Å². The number of nitrogens with one attached hydrogen (secondary N) is 3. The quantitative estimate of drug-likeness (QED) is 0.231. The summed E-state index contributed by atoms with van der Waals surface area (Å²) in [6, 6.07) is 14.5. The molecule has 1 aromatic heterocycles. The number of aromatic amines is 1. The maximum atomic E-state index is 12.3. The number of hydrogen-bond acceptors (Lipinski definition) is 5. The summed E-state index contributed by atoms with van der Waals surface area (Å²) in [7, 11) is 0. The Morgan fingerprint density at radius 3 is 2.65 bits per heavy atom. The predicted molar refractivity (Wildman–Crippen MR) is 98.7 cm³/mol. The topological polar surface area (TPSA) is 103 Å². The van der Waals surface area contributed by atoms with Crippen LogP contribution >= 0.6 is 11.8 Å². The van der Waals surface area contributed by atoms with Crippen LogP contribution in [0.15, 0.2) is 59.6 Å². The molecule has 134 valence electrons. The van der Waals surface area contributed by atoms with E-state index in [-0.39, 0.29) is 5.91 Å². The number of rotatable bonds is 6. The van der Waals surface area contributed by atoms with E-state index in [4.69, 9.17) is 9.94 Å². The standard InChI is InChI=1S/C18H17N3O4S/c22-17(15-11-20-16-4-2-1-3-14(15)16)19-9-10-25-12-5-7-13(8-6-12)26-18(23)21-24/h1-8,11,20,24H,9-10H2,(H,19,22)(H,21,23). The molecule has 3 aromatic rings. The zero-order chi connectivity index (χ0) is 18.4. The number of amides is 2. The summed E-state index contributed by atoms with van der Waals surface area (Å²) < 4.78 is 5.57. The fourth-order valence-corrected chi connectivity index (χ4v) is 2.95. The number of hydrogen-bond donors (Lipinski definition) is 4. The molecule has 3 rings (SSSR count). The number of thioether (sulfide) groups is 1. The van der Waals surface area contributed by atoms with Crippen LogP contribution in [0.4, 0.5) is 4.79 Å². The monoisotopic (exact) mass is 371 g/mol. The zero-order valence-electron chi connectivity index (χ0n) is 13.7. The van der Waals surface area contributed by atoms with Crippen LogP contribution in [-0.4, -0.2) is 34.5 Å². The van der Waals surface area contributed by atoms with Crippen molar-refractivity contribution in [2.75, 3.05) is 13.2 Å². The van der Waals surface area contributed by atoms with Crippen molar-refractivity contribution in [3.63, 3.8) is 0 Å². The molecule has 4 N–H and O–H groups in total. The molecule has 0 unspecified atom stereocenters. The number of hydroxylamine groups is 1. The lowest BCUT2D eigenvalue weighted by molar-refractivity contribution is 0.0948. The number of para-hydroxylation sites is 1. The minimum absolute atomic E-state index is 0.159. The van der Waals surface area contributed by atoms with Gasteiger partial charge in [-0.05, 0) is 42.1 Å². The van der Waals surface area contributed by atoms with Gasteiger partial charge in [0.25, 0.3) is 5.91 Å². The molecular formula is C18H17N3O4S. The Kier molecular flexibility index (Phi) is 5.77. The van der Waals surface area contributed by atoms with Gasteiger partial charge in [-0.2, -0.15) is 0 Å². The molecule has 1 heterocycles. The lowest BCUT2D eigenvalue weighted by Crippen LogP contribution is -2.27. The van der Waals surface area contributed by atoms with Crippen molar-refractivity contribution < 1.29 is 19.5 Å². The van der Waals surface area contributed by atoms with E-state index >= 15 is 0 Å². The van der Waals surface area contributed by atoms with E-state index in [0.717, 1.165) is 22.7 Å². The van der Waals surface area contributed by atoms with Crippen molar-refractivity contribution in [3.05, 3.63) is 60.3 Å². The molecule has 7 nitrogen and oxygen atoms in total. The summed E-state index contributed by atoms with van der Waals surface area (Å²) in [6.45, 7) is 0.680. The van der Waals surface area contributed by atoms with Gasteiger partial charge in [0.15, 0.2) is 0 Å². The third-order valence-corrected chi connectivity index (χ3v) is 4.40. The van der Waals surface area contributed by atoms with Crippen molar-refractivity contribution in [3.8, 4) is 5.75 Å². The number of ether oxygens (including phenoxy) is 1. The van der Waals surface area contributed by atoms with Gasteiger partial charge in [-0.1, -0.05) is 18.2 Å². The highest BCUT2D eigenvalue weighted by Gasteiger charge is 2.10. The average molecular weight is 371 g/mol. The normalized spacial score (nSPS) is 10.5. The highest BCUT2D eigenvalue weighted by molar-refractivity contribution is 8.13. The van der Waals surface area contributed by atoms with Crippen LogP contribution in [0.3, 0.4) is 0 Å². The number of carbonyl (C=O) groups is 2. The van der Waals surface area contributed by atoms with Crippen molar-refractivity contribution in [1.82, 2.24) is 15.8 Å². The first-order chi connectivity index (χ1) is 12.7. The lowest BCUT2D eigenvalue weighted by Gasteiger charge is -2.08. The number of fused-ring (bicyclic) bond motifs is 1. The SMILES string of the molecule is O=C(NO)Sc1ccc(OCCNC(=O)c2c[nH]c3ccccc23)cc1. The molecule has 0 spiro atoms. The summed E-state index contributed by atoms with van der Waals surface area (Å²) in [4.78, 5) is 27.1. The van der Waals surface area contributed by atoms with E-state index in [0.29, 0.717) is 29.4 Å². The summed E-state index contributed by atoms with van der Waals surface area (Å²) in [5.74, 6) is 0.466. The number of carbonyl (C=O) groups excluding carboxylic acids is 2. The second-order valence-corrected chi connectivity index (χ2v) is 6.37. The van der Waals surface area contributed by atoms with Crippen LogP contribution in [-0.2, 0) is 0 Å². The van der Waals surface area contributed by atoms with E-state index in [2.05, 4.69) is 10.3 Å². The molecule has 26 heavy (non-hydrogen) atoms. The Bertz CT molecular complexity index is 908. The zero-order valence-corrected chi connectivity index (χ0v) is 14.5. The Labute approximate surface area is 153 Å². The van der Waals surface area contributed by atoms with Crippen LogP contribution in [0.25, 0.3) is 10.9 Å². The highest BCUT2D eigenvalue weighted by atomic mass is 32.2. The van der Waals surface area contributed by atoms with Crippen LogP contribution in [0, 0.1) is 0 Å². The first kappa shape index (κ1) is 17.8. The van der Waals surface area contributed by atoms with Gasteiger partial charge in [-0.3, -0.25) is 14.8 Å². The molecule has 0 bridgehead atoms. The molecular weight excluding hydrogens is 354 g/mol. The van der Waals surface area contributed by atoms with Gasteiger partial charge >= 0.3 is 5.24 Å². The van der Waals surface area contributed by atoms with Gasteiger partial charge in [-0.25, -0.2) is 5.48 Å². The van der Waals surface area contributed by atoms with E-state index in [1.807, 2.05) is 24.3 Å². The minimum atomic E-state index is -0.557. The largest absolute Gasteiger partial charge is 0.492 e. The molecule has 0 aliphatic heterocycles. The van der Waals surface area contributed by atoms with E-state index < -0.39 is 5.24 Å². The lowest BCUT2D eigenvalue weighted by atomic mass is 10.1. The van der Waals surface area contributed by atoms with Gasteiger partial charge < -0.3 is 15.0 Å². The van der Waals surface area contributed by atoms with Gasteiger partial charge in [-0.15, -0.1) is 0 Å². The van der Waals surface area contributed by atoms with Crippen LogP contribution in [0.5, 0.6) is 5.75 Å². The molecule has 2 amide bonds. The van der Waals surface area contributed by atoms with Crippen molar-refractivity contribution in [2.45, 2.75) is 4.90 Å².